The monoisotopic (exact) mass is 322 g/mol. The number of nitrogens with two attached hydrogens (primary N) is 1. The fourth-order valence-corrected chi connectivity index (χ4v) is 4.95. The van der Waals surface area contributed by atoms with Crippen molar-refractivity contribution in [3.63, 3.8) is 0 Å². The topological polar surface area (TPSA) is 63.4 Å². The van der Waals surface area contributed by atoms with E-state index in [1.807, 2.05) is 22.9 Å². The molecule has 1 aliphatic rings. The number of hydrogen-bond acceptors (Lipinski definition) is 4. The Kier molecular flexibility index (Phi) is 4.12. The minimum Gasteiger partial charge on any atom is -0.326 e. The Morgan fingerprint density at radius 1 is 1.24 bits per heavy atom. The second kappa shape index (κ2) is 5.88. The SMILES string of the molecule is NCc1ccccc1S(=O)(=O)N(Cc1ccsc1)C1CC1. The molecule has 1 saturated carbocycles. The van der Waals surface area contributed by atoms with Gasteiger partial charge in [-0.2, -0.15) is 15.6 Å². The van der Waals surface area contributed by atoms with E-state index in [0.29, 0.717) is 17.0 Å². The van der Waals surface area contributed by atoms with E-state index in [2.05, 4.69) is 0 Å². The highest BCUT2D eigenvalue weighted by Crippen LogP contribution is 2.34. The van der Waals surface area contributed by atoms with Crippen molar-refractivity contribution in [1.82, 2.24) is 4.31 Å². The normalized spacial score (nSPS) is 15.5. The first-order valence-electron chi connectivity index (χ1n) is 6.94. The minimum absolute atomic E-state index is 0.126. The lowest BCUT2D eigenvalue weighted by Gasteiger charge is -2.22. The maximum atomic E-state index is 13.0. The van der Waals surface area contributed by atoms with Gasteiger partial charge < -0.3 is 5.73 Å². The van der Waals surface area contributed by atoms with E-state index in [0.717, 1.165) is 18.4 Å². The highest BCUT2D eigenvalue weighted by atomic mass is 32.2. The summed E-state index contributed by atoms with van der Waals surface area (Å²) >= 11 is 1.59. The van der Waals surface area contributed by atoms with Crippen LogP contribution in [0.3, 0.4) is 0 Å². The van der Waals surface area contributed by atoms with Gasteiger partial charge in [-0.1, -0.05) is 18.2 Å². The van der Waals surface area contributed by atoms with Crippen molar-refractivity contribution < 1.29 is 8.42 Å². The lowest BCUT2D eigenvalue weighted by molar-refractivity contribution is 0.398. The molecule has 0 atom stereocenters. The van der Waals surface area contributed by atoms with Gasteiger partial charge in [-0.3, -0.25) is 0 Å². The quantitative estimate of drug-likeness (QED) is 0.889. The van der Waals surface area contributed by atoms with E-state index in [1.54, 1.807) is 33.8 Å². The van der Waals surface area contributed by atoms with Crippen LogP contribution in [-0.4, -0.2) is 18.8 Å². The van der Waals surface area contributed by atoms with Gasteiger partial charge in [0.05, 0.1) is 4.90 Å². The Bertz CT molecular complexity index is 707. The molecule has 2 aromatic rings. The van der Waals surface area contributed by atoms with Crippen molar-refractivity contribution in [2.75, 3.05) is 0 Å². The second-order valence-electron chi connectivity index (χ2n) is 5.22. The van der Waals surface area contributed by atoms with Crippen molar-refractivity contribution in [2.45, 2.75) is 36.9 Å². The van der Waals surface area contributed by atoms with Gasteiger partial charge in [0.25, 0.3) is 0 Å². The number of nitrogens with zero attached hydrogens (tertiary/aromatic N) is 1. The van der Waals surface area contributed by atoms with Crippen LogP contribution < -0.4 is 5.73 Å². The van der Waals surface area contributed by atoms with Gasteiger partial charge in [-0.15, -0.1) is 0 Å². The van der Waals surface area contributed by atoms with E-state index in [1.165, 1.54) is 0 Å². The lowest BCUT2D eigenvalue weighted by atomic mass is 10.2. The molecule has 1 aromatic heterocycles. The van der Waals surface area contributed by atoms with Crippen LogP contribution in [0.15, 0.2) is 46.0 Å². The fraction of sp³-hybridized carbons (Fsp3) is 0.333. The lowest BCUT2D eigenvalue weighted by Crippen LogP contribution is -2.33. The number of thiophene rings is 1. The van der Waals surface area contributed by atoms with Crippen LogP contribution in [0.5, 0.6) is 0 Å². The first-order valence-corrected chi connectivity index (χ1v) is 9.32. The molecule has 0 bridgehead atoms. The van der Waals surface area contributed by atoms with E-state index < -0.39 is 10.0 Å². The smallest absolute Gasteiger partial charge is 0.243 e. The van der Waals surface area contributed by atoms with Crippen molar-refractivity contribution in [2.24, 2.45) is 5.73 Å². The molecule has 2 N–H and O–H groups in total. The molecule has 0 spiro atoms. The van der Waals surface area contributed by atoms with Gasteiger partial charge in [0.2, 0.25) is 10.0 Å². The third kappa shape index (κ3) is 3.03. The molecular weight excluding hydrogens is 304 g/mol. The number of sulfonamides is 1. The third-order valence-electron chi connectivity index (χ3n) is 3.65. The molecule has 1 aromatic carbocycles. The van der Waals surface area contributed by atoms with Crippen molar-refractivity contribution in [1.29, 1.82) is 0 Å². The second-order valence-corrected chi connectivity index (χ2v) is 7.86. The van der Waals surface area contributed by atoms with Crippen molar-refractivity contribution in [3.05, 3.63) is 52.2 Å². The largest absolute Gasteiger partial charge is 0.326 e. The van der Waals surface area contributed by atoms with Gasteiger partial charge in [0.1, 0.15) is 0 Å². The van der Waals surface area contributed by atoms with Gasteiger partial charge in [0.15, 0.2) is 0 Å². The highest BCUT2D eigenvalue weighted by Gasteiger charge is 2.38. The first kappa shape index (κ1) is 14.7. The molecule has 0 saturated heterocycles. The van der Waals surface area contributed by atoms with Crippen molar-refractivity contribution >= 4 is 21.4 Å². The third-order valence-corrected chi connectivity index (χ3v) is 6.38. The maximum Gasteiger partial charge on any atom is 0.243 e. The number of hydrogen-bond donors (Lipinski definition) is 1. The molecule has 21 heavy (non-hydrogen) atoms. The Balaban J connectivity index is 1.97. The van der Waals surface area contributed by atoms with Gasteiger partial charge >= 0.3 is 0 Å². The summed E-state index contributed by atoms with van der Waals surface area (Å²) in [6, 6.07) is 9.11. The Morgan fingerprint density at radius 3 is 2.62 bits per heavy atom. The summed E-state index contributed by atoms with van der Waals surface area (Å²) in [5.74, 6) is 0. The highest BCUT2D eigenvalue weighted by molar-refractivity contribution is 7.89. The van der Waals surface area contributed by atoms with Gasteiger partial charge in [0, 0.05) is 19.1 Å². The summed E-state index contributed by atoms with van der Waals surface area (Å²) in [5.41, 5.74) is 7.41. The molecule has 1 fully saturated rings. The van der Waals surface area contributed by atoms with Gasteiger partial charge in [-0.05, 0) is 46.9 Å². The van der Waals surface area contributed by atoms with Crippen LogP contribution in [0.2, 0.25) is 0 Å². The standard InChI is InChI=1S/C15H18N2O2S2/c16-9-13-3-1-2-4-15(13)21(18,19)17(14-5-6-14)10-12-7-8-20-11-12/h1-4,7-8,11,14H,5-6,9-10,16H2. The van der Waals surface area contributed by atoms with Crippen LogP contribution in [0.25, 0.3) is 0 Å². The zero-order valence-corrected chi connectivity index (χ0v) is 13.2. The fourth-order valence-electron chi connectivity index (χ4n) is 2.39. The zero-order valence-electron chi connectivity index (χ0n) is 11.6. The molecule has 0 radical (unpaired) electrons. The molecule has 1 heterocycles. The summed E-state index contributed by atoms with van der Waals surface area (Å²) in [7, 11) is -3.50. The number of benzene rings is 1. The summed E-state index contributed by atoms with van der Waals surface area (Å²) < 4.78 is 27.6. The molecule has 0 aliphatic heterocycles. The molecule has 112 valence electrons. The zero-order chi connectivity index (χ0) is 14.9. The molecule has 4 nitrogen and oxygen atoms in total. The predicted molar refractivity (Wildman–Crippen MR) is 84.4 cm³/mol. The Labute approximate surface area is 129 Å². The summed E-state index contributed by atoms with van der Waals surface area (Å²) in [4.78, 5) is 0.342. The van der Waals surface area contributed by atoms with E-state index >= 15 is 0 Å². The first-order chi connectivity index (χ1) is 10.1. The van der Waals surface area contributed by atoms with E-state index in [9.17, 15) is 8.42 Å². The average molecular weight is 322 g/mol. The van der Waals surface area contributed by atoms with E-state index in [4.69, 9.17) is 5.73 Å². The Morgan fingerprint density at radius 2 is 2.00 bits per heavy atom. The molecule has 1 aliphatic carbocycles. The summed E-state index contributed by atoms with van der Waals surface area (Å²) in [6.07, 6.45) is 1.88. The van der Waals surface area contributed by atoms with Crippen LogP contribution >= 0.6 is 11.3 Å². The van der Waals surface area contributed by atoms with E-state index in [-0.39, 0.29) is 12.6 Å². The summed E-state index contributed by atoms with van der Waals surface area (Å²) in [5, 5.41) is 3.97. The van der Waals surface area contributed by atoms with Crippen LogP contribution in [0.4, 0.5) is 0 Å². The number of rotatable bonds is 6. The molecular formula is C15H18N2O2S2. The van der Waals surface area contributed by atoms with Crippen LogP contribution in [0.1, 0.15) is 24.0 Å². The minimum atomic E-state index is -3.50. The predicted octanol–water partition coefficient (Wildman–Crippen LogP) is 2.56. The molecule has 3 rings (SSSR count). The molecule has 0 amide bonds. The van der Waals surface area contributed by atoms with Crippen LogP contribution in [0, 0.1) is 0 Å². The van der Waals surface area contributed by atoms with Crippen LogP contribution in [-0.2, 0) is 23.1 Å². The molecule has 6 heteroatoms. The maximum absolute atomic E-state index is 13.0. The average Bonchev–Trinajstić information content (AvgIpc) is 3.20. The van der Waals surface area contributed by atoms with Gasteiger partial charge in [-0.25, -0.2) is 8.42 Å². The summed E-state index contributed by atoms with van der Waals surface area (Å²) in [6.45, 7) is 0.668. The Hall–Kier alpha value is -1.21. The molecule has 0 unspecified atom stereocenters. The van der Waals surface area contributed by atoms with Crippen molar-refractivity contribution in [3.8, 4) is 0 Å².